The number of nitrogens with zero attached hydrogens (tertiary/aromatic N) is 6. The Bertz CT molecular complexity index is 1360. The predicted octanol–water partition coefficient (Wildman–Crippen LogP) is 3.14. The van der Waals surface area contributed by atoms with E-state index in [4.69, 9.17) is 4.74 Å². The van der Waals surface area contributed by atoms with Crippen LogP contribution in [0.1, 0.15) is 24.4 Å². The van der Waals surface area contributed by atoms with Crippen molar-refractivity contribution >= 4 is 16.6 Å². The Kier molecular flexibility index (Phi) is 5.45. The van der Waals surface area contributed by atoms with Crippen LogP contribution in [0.4, 0.5) is 13.2 Å². The first-order chi connectivity index (χ1) is 15.9. The van der Waals surface area contributed by atoms with Crippen LogP contribution in [0.2, 0.25) is 0 Å². The van der Waals surface area contributed by atoms with Crippen LogP contribution in [-0.4, -0.2) is 62.2 Å². The third-order valence-electron chi connectivity index (χ3n) is 6.20. The van der Waals surface area contributed by atoms with Crippen LogP contribution >= 0.6 is 0 Å². The maximum Gasteiger partial charge on any atom is 0.416 e. The monoisotopic (exact) mass is 460 g/mol. The fraction of sp³-hybridized carbons (Fsp3) is 0.409. The SMILES string of the molecule is COCCN1CCCC(n2c(=O)n(-c3ccc4cnnn4c3)c3ccc(C(F)(F)F)cc32)C1. The molecule has 1 aromatic carbocycles. The van der Waals surface area contributed by atoms with E-state index in [1.54, 1.807) is 31.6 Å². The van der Waals surface area contributed by atoms with Crippen molar-refractivity contribution < 1.29 is 17.9 Å². The highest BCUT2D eigenvalue weighted by atomic mass is 19.4. The zero-order valence-corrected chi connectivity index (χ0v) is 18.0. The first-order valence-electron chi connectivity index (χ1n) is 10.7. The van der Waals surface area contributed by atoms with E-state index < -0.39 is 11.7 Å². The van der Waals surface area contributed by atoms with Gasteiger partial charge in [0.2, 0.25) is 0 Å². The average Bonchev–Trinajstić information content (AvgIpc) is 3.37. The molecule has 11 heteroatoms. The van der Waals surface area contributed by atoms with Crippen LogP contribution < -0.4 is 5.69 Å². The van der Waals surface area contributed by atoms with Crippen molar-refractivity contribution in [3.05, 3.63) is 58.8 Å². The quantitative estimate of drug-likeness (QED) is 0.458. The van der Waals surface area contributed by atoms with Gasteiger partial charge in [0.25, 0.3) is 0 Å². The van der Waals surface area contributed by atoms with Gasteiger partial charge in [-0.05, 0) is 49.7 Å². The smallest absolute Gasteiger partial charge is 0.383 e. The minimum Gasteiger partial charge on any atom is -0.383 e. The summed E-state index contributed by atoms with van der Waals surface area (Å²) >= 11 is 0. The number of hydrogen-bond acceptors (Lipinski definition) is 5. The lowest BCUT2D eigenvalue weighted by molar-refractivity contribution is -0.137. The van der Waals surface area contributed by atoms with Gasteiger partial charge in [-0.15, -0.1) is 5.10 Å². The Morgan fingerprint density at radius 2 is 2.03 bits per heavy atom. The molecule has 33 heavy (non-hydrogen) atoms. The predicted molar refractivity (Wildman–Crippen MR) is 116 cm³/mol. The summed E-state index contributed by atoms with van der Waals surface area (Å²) in [6.45, 7) is 2.70. The standard InChI is InChI=1S/C22H23F3N6O2/c1-33-10-9-28-8-2-3-17(13-28)31-20-11-15(22(23,24)25)4-7-19(20)30(21(31)32)18-6-5-16-12-26-27-29(16)14-18/h4-7,11-12,14,17H,2-3,8-10,13H2,1H3. The maximum absolute atomic E-state index is 13.7. The fourth-order valence-electron chi connectivity index (χ4n) is 4.61. The molecule has 4 aromatic rings. The molecule has 0 amide bonds. The second-order valence-electron chi connectivity index (χ2n) is 8.27. The van der Waals surface area contributed by atoms with Crippen molar-refractivity contribution in [1.29, 1.82) is 0 Å². The molecule has 0 radical (unpaired) electrons. The molecule has 1 fully saturated rings. The molecule has 1 aliphatic heterocycles. The average molecular weight is 460 g/mol. The number of likely N-dealkylation sites (tertiary alicyclic amines) is 1. The molecule has 0 aliphatic carbocycles. The zero-order chi connectivity index (χ0) is 23.2. The maximum atomic E-state index is 13.7. The molecule has 0 saturated carbocycles. The van der Waals surface area contributed by atoms with Gasteiger partial charge in [0.15, 0.2) is 0 Å². The molecule has 0 N–H and O–H groups in total. The molecule has 8 nitrogen and oxygen atoms in total. The van der Waals surface area contributed by atoms with Crippen molar-refractivity contribution in [1.82, 2.24) is 28.9 Å². The number of hydrogen-bond donors (Lipinski definition) is 0. The van der Waals surface area contributed by atoms with E-state index >= 15 is 0 Å². The molecule has 1 saturated heterocycles. The van der Waals surface area contributed by atoms with Crippen LogP contribution in [0.15, 0.2) is 47.5 Å². The van der Waals surface area contributed by atoms with E-state index in [0.717, 1.165) is 30.6 Å². The third kappa shape index (κ3) is 3.91. The van der Waals surface area contributed by atoms with Crippen LogP contribution in [0.3, 0.4) is 0 Å². The first kappa shape index (κ1) is 21.7. The van der Waals surface area contributed by atoms with E-state index in [-0.39, 0.29) is 17.2 Å². The van der Waals surface area contributed by atoms with Gasteiger partial charge in [-0.25, -0.2) is 9.31 Å². The summed E-state index contributed by atoms with van der Waals surface area (Å²) in [4.78, 5) is 15.9. The normalized spacial score (nSPS) is 17.9. The zero-order valence-electron chi connectivity index (χ0n) is 18.0. The summed E-state index contributed by atoms with van der Waals surface area (Å²) in [6.07, 6.45) is 0.283. The highest BCUT2D eigenvalue weighted by molar-refractivity contribution is 5.79. The molecule has 1 unspecified atom stereocenters. The number of alkyl halides is 3. The van der Waals surface area contributed by atoms with E-state index in [0.29, 0.717) is 37.3 Å². The van der Waals surface area contributed by atoms with Crippen molar-refractivity contribution in [3.8, 4) is 5.69 Å². The molecular weight excluding hydrogens is 437 g/mol. The van der Waals surface area contributed by atoms with Crippen LogP contribution in [-0.2, 0) is 10.9 Å². The summed E-state index contributed by atoms with van der Waals surface area (Å²) in [5.41, 5.74) is 0.792. The molecular formula is C22H23F3N6O2. The lowest BCUT2D eigenvalue weighted by Crippen LogP contribution is -2.41. The van der Waals surface area contributed by atoms with Crippen molar-refractivity contribution in [3.63, 3.8) is 0 Å². The van der Waals surface area contributed by atoms with E-state index in [2.05, 4.69) is 15.2 Å². The number of aromatic nitrogens is 5. The second kappa shape index (κ2) is 8.31. The Labute approximate surface area is 186 Å². The highest BCUT2D eigenvalue weighted by Gasteiger charge is 2.33. The van der Waals surface area contributed by atoms with Crippen LogP contribution in [0.25, 0.3) is 22.2 Å². The number of halogens is 3. The number of benzene rings is 1. The van der Waals surface area contributed by atoms with Gasteiger partial charge in [-0.3, -0.25) is 14.0 Å². The van der Waals surface area contributed by atoms with Crippen molar-refractivity contribution in [2.75, 3.05) is 33.4 Å². The third-order valence-corrected chi connectivity index (χ3v) is 6.20. The van der Waals surface area contributed by atoms with Crippen molar-refractivity contribution in [2.45, 2.75) is 25.1 Å². The Balaban J connectivity index is 1.68. The van der Waals surface area contributed by atoms with Gasteiger partial charge < -0.3 is 4.74 Å². The minimum atomic E-state index is -4.51. The molecule has 4 heterocycles. The molecule has 174 valence electrons. The van der Waals surface area contributed by atoms with Gasteiger partial charge in [-0.2, -0.15) is 13.2 Å². The number of imidazole rings is 1. The summed E-state index contributed by atoms with van der Waals surface area (Å²) in [7, 11) is 1.63. The Hall–Kier alpha value is -3.18. The van der Waals surface area contributed by atoms with E-state index in [1.807, 2.05) is 0 Å². The number of piperidine rings is 1. The first-order valence-corrected chi connectivity index (χ1v) is 10.7. The second-order valence-corrected chi connectivity index (χ2v) is 8.27. The molecule has 1 atom stereocenters. The van der Waals surface area contributed by atoms with Crippen molar-refractivity contribution in [2.24, 2.45) is 0 Å². The van der Waals surface area contributed by atoms with Crippen LogP contribution in [0.5, 0.6) is 0 Å². The lowest BCUT2D eigenvalue weighted by atomic mass is 10.0. The Morgan fingerprint density at radius 3 is 2.82 bits per heavy atom. The summed E-state index contributed by atoms with van der Waals surface area (Å²) in [5, 5.41) is 7.82. The summed E-state index contributed by atoms with van der Waals surface area (Å²) < 4.78 is 50.2. The summed E-state index contributed by atoms with van der Waals surface area (Å²) in [6, 6.07) is 6.73. The number of ether oxygens (including phenoxy) is 1. The van der Waals surface area contributed by atoms with Gasteiger partial charge >= 0.3 is 11.9 Å². The van der Waals surface area contributed by atoms with Gasteiger partial charge in [0.1, 0.15) is 0 Å². The molecule has 1 aliphatic rings. The Morgan fingerprint density at radius 1 is 1.18 bits per heavy atom. The van der Waals surface area contributed by atoms with E-state index in [1.165, 1.54) is 19.7 Å². The fourth-order valence-corrected chi connectivity index (χ4v) is 4.61. The topological polar surface area (TPSA) is 69.6 Å². The number of fused-ring (bicyclic) bond motifs is 2. The molecule has 0 bridgehead atoms. The molecule has 3 aromatic heterocycles. The van der Waals surface area contributed by atoms with Gasteiger partial charge in [0.05, 0.1) is 52.8 Å². The lowest BCUT2D eigenvalue weighted by Gasteiger charge is -2.33. The van der Waals surface area contributed by atoms with Gasteiger partial charge in [0, 0.05) is 20.2 Å². The summed E-state index contributed by atoms with van der Waals surface area (Å²) in [5.74, 6) is 0. The van der Waals surface area contributed by atoms with E-state index in [9.17, 15) is 18.0 Å². The minimum absolute atomic E-state index is 0.245. The largest absolute Gasteiger partial charge is 0.416 e. The highest BCUT2D eigenvalue weighted by Crippen LogP contribution is 2.33. The number of pyridine rings is 1. The number of methoxy groups -OCH3 is 1. The number of rotatable bonds is 5. The van der Waals surface area contributed by atoms with Crippen LogP contribution in [0, 0.1) is 0 Å². The van der Waals surface area contributed by atoms with Gasteiger partial charge in [-0.1, -0.05) is 5.21 Å². The molecule has 0 spiro atoms. The molecule has 5 rings (SSSR count).